The van der Waals surface area contributed by atoms with E-state index in [0.29, 0.717) is 5.75 Å². The summed E-state index contributed by atoms with van der Waals surface area (Å²) in [7, 11) is 0. The second-order valence-electron chi connectivity index (χ2n) is 3.08. The molecular weight excluding hydrogens is 244 g/mol. The van der Waals surface area contributed by atoms with Crippen LogP contribution in [0.1, 0.15) is 10.4 Å². The summed E-state index contributed by atoms with van der Waals surface area (Å²) in [6.45, 7) is 0. The van der Waals surface area contributed by atoms with Gasteiger partial charge in [0.1, 0.15) is 5.75 Å². The Morgan fingerprint density at radius 3 is 2.65 bits per heavy atom. The summed E-state index contributed by atoms with van der Waals surface area (Å²) in [5.74, 6) is -0.799. The van der Waals surface area contributed by atoms with Crippen LogP contribution in [0.4, 0.5) is 0 Å². The third-order valence-corrected chi connectivity index (χ3v) is 2.25. The summed E-state index contributed by atoms with van der Waals surface area (Å²) in [5.41, 5.74) is -0.0277. The summed E-state index contributed by atoms with van der Waals surface area (Å²) in [5, 5.41) is 9.04. The van der Waals surface area contributed by atoms with Crippen molar-refractivity contribution in [3.63, 3.8) is 0 Å². The maximum atomic E-state index is 10.9. The van der Waals surface area contributed by atoms with Gasteiger partial charge in [-0.15, -0.1) is 0 Å². The van der Waals surface area contributed by atoms with Crippen LogP contribution >= 0.6 is 11.6 Å². The van der Waals surface area contributed by atoms with Crippen LogP contribution in [-0.2, 0) is 0 Å². The number of carboxylic acid groups (broad SMARTS) is 1. The number of aromatic carboxylic acids is 1. The lowest BCUT2D eigenvalue weighted by atomic mass is 10.2. The number of benzene rings is 1. The first kappa shape index (κ1) is 11.3. The zero-order chi connectivity index (χ0) is 12.3. The van der Waals surface area contributed by atoms with Gasteiger partial charge in [-0.3, -0.25) is 0 Å². The van der Waals surface area contributed by atoms with Crippen LogP contribution in [0.5, 0.6) is 11.8 Å². The molecule has 86 valence electrons. The first-order valence-electron chi connectivity index (χ1n) is 4.64. The normalized spacial score (nSPS) is 9.94. The van der Waals surface area contributed by atoms with Gasteiger partial charge in [-0.05, 0) is 24.3 Å². The number of rotatable bonds is 3. The molecule has 0 spiro atoms. The van der Waals surface area contributed by atoms with Gasteiger partial charge in [0.2, 0.25) is 0 Å². The Bertz CT molecular complexity index is 546. The molecule has 0 radical (unpaired) electrons. The summed E-state index contributed by atoms with van der Waals surface area (Å²) in [6.07, 6.45) is 3.05. The molecule has 0 bridgehead atoms. The molecule has 0 saturated carbocycles. The SMILES string of the molecule is O=C(O)c1cc(Oc2ncccn2)ccc1Cl. The van der Waals surface area contributed by atoms with Gasteiger partial charge in [-0.25, -0.2) is 14.8 Å². The first-order chi connectivity index (χ1) is 8.16. The van der Waals surface area contributed by atoms with Crippen molar-refractivity contribution >= 4 is 17.6 Å². The van der Waals surface area contributed by atoms with Crippen molar-refractivity contribution in [1.82, 2.24) is 9.97 Å². The Morgan fingerprint density at radius 1 is 1.29 bits per heavy atom. The molecule has 0 fully saturated rings. The van der Waals surface area contributed by atoms with Crippen LogP contribution in [0.3, 0.4) is 0 Å². The first-order valence-corrected chi connectivity index (χ1v) is 5.02. The molecule has 0 saturated heterocycles. The second-order valence-corrected chi connectivity index (χ2v) is 3.49. The fraction of sp³-hybridized carbons (Fsp3) is 0. The molecule has 2 rings (SSSR count). The van der Waals surface area contributed by atoms with Gasteiger partial charge in [0.25, 0.3) is 0 Å². The number of hydrogen-bond acceptors (Lipinski definition) is 4. The van der Waals surface area contributed by atoms with Gasteiger partial charge in [-0.1, -0.05) is 11.6 Å². The third-order valence-electron chi connectivity index (χ3n) is 1.92. The van der Waals surface area contributed by atoms with Crippen LogP contribution in [0.25, 0.3) is 0 Å². The van der Waals surface area contributed by atoms with Crippen molar-refractivity contribution in [3.05, 3.63) is 47.2 Å². The molecule has 1 heterocycles. The minimum absolute atomic E-state index is 0.0277. The smallest absolute Gasteiger partial charge is 0.337 e. The maximum absolute atomic E-state index is 10.9. The Kier molecular flexibility index (Phi) is 3.20. The number of nitrogens with zero attached hydrogens (tertiary/aromatic N) is 2. The van der Waals surface area contributed by atoms with Gasteiger partial charge in [0, 0.05) is 12.4 Å². The standard InChI is InChI=1S/C11H7ClN2O3/c12-9-3-2-7(6-8(9)10(15)16)17-11-13-4-1-5-14-11/h1-6H,(H,15,16). The number of carbonyl (C=O) groups is 1. The second kappa shape index (κ2) is 4.80. The van der Waals surface area contributed by atoms with E-state index in [2.05, 4.69) is 9.97 Å². The number of halogens is 1. The molecular formula is C11H7ClN2O3. The van der Waals surface area contributed by atoms with E-state index < -0.39 is 5.97 Å². The maximum Gasteiger partial charge on any atom is 0.337 e. The zero-order valence-corrected chi connectivity index (χ0v) is 9.26. The fourth-order valence-corrected chi connectivity index (χ4v) is 1.37. The van der Waals surface area contributed by atoms with Crippen LogP contribution in [0, 0.1) is 0 Å². The van der Waals surface area contributed by atoms with E-state index >= 15 is 0 Å². The fourth-order valence-electron chi connectivity index (χ4n) is 1.18. The Hall–Kier alpha value is -2.14. The van der Waals surface area contributed by atoms with Gasteiger partial charge < -0.3 is 9.84 Å². The Balaban J connectivity index is 2.29. The van der Waals surface area contributed by atoms with Crippen LogP contribution in [0.2, 0.25) is 5.02 Å². The minimum atomic E-state index is -1.12. The van der Waals surface area contributed by atoms with E-state index in [0.717, 1.165) is 0 Å². The minimum Gasteiger partial charge on any atom is -0.478 e. The zero-order valence-electron chi connectivity index (χ0n) is 8.50. The average molecular weight is 251 g/mol. The molecule has 0 aliphatic carbocycles. The molecule has 0 unspecified atom stereocenters. The average Bonchev–Trinajstić information content (AvgIpc) is 2.32. The molecule has 0 amide bonds. The van der Waals surface area contributed by atoms with Crippen LogP contribution in [0.15, 0.2) is 36.7 Å². The van der Waals surface area contributed by atoms with Gasteiger partial charge >= 0.3 is 12.0 Å². The number of carboxylic acids is 1. The monoisotopic (exact) mass is 250 g/mol. The molecule has 0 aliphatic heterocycles. The number of hydrogen-bond donors (Lipinski definition) is 1. The topological polar surface area (TPSA) is 72.3 Å². The highest BCUT2D eigenvalue weighted by atomic mass is 35.5. The lowest BCUT2D eigenvalue weighted by Gasteiger charge is -2.05. The Labute approximate surface area is 102 Å². The lowest BCUT2D eigenvalue weighted by molar-refractivity contribution is 0.0696. The number of ether oxygens (including phenoxy) is 1. The van der Waals surface area contributed by atoms with Crippen molar-refractivity contribution in [2.75, 3.05) is 0 Å². The van der Waals surface area contributed by atoms with Crippen molar-refractivity contribution in [2.45, 2.75) is 0 Å². The van der Waals surface area contributed by atoms with E-state index in [1.807, 2.05) is 0 Å². The highest BCUT2D eigenvalue weighted by Gasteiger charge is 2.10. The molecule has 0 atom stereocenters. The van der Waals surface area contributed by atoms with Crippen molar-refractivity contribution in [3.8, 4) is 11.8 Å². The van der Waals surface area contributed by atoms with Crippen LogP contribution in [-0.4, -0.2) is 21.0 Å². The summed E-state index contributed by atoms with van der Waals surface area (Å²) in [6, 6.07) is 6.11. The molecule has 1 N–H and O–H groups in total. The van der Waals surface area contributed by atoms with Gasteiger partial charge in [0.05, 0.1) is 10.6 Å². The molecule has 6 heteroatoms. The molecule has 1 aromatic carbocycles. The predicted molar refractivity (Wildman–Crippen MR) is 60.5 cm³/mol. The van der Waals surface area contributed by atoms with Gasteiger partial charge in [0.15, 0.2) is 0 Å². The Morgan fingerprint density at radius 2 is 2.00 bits per heavy atom. The number of aromatic nitrogens is 2. The highest BCUT2D eigenvalue weighted by Crippen LogP contribution is 2.24. The molecule has 17 heavy (non-hydrogen) atoms. The summed E-state index contributed by atoms with van der Waals surface area (Å²) >= 11 is 5.73. The lowest BCUT2D eigenvalue weighted by Crippen LogP contribution is -1.98. The molecule has 5 nitrogen and oxygen atoms in total. The van der Waals surface area contributed by atoms with E-state index in [-0.39, 0.29) is 16.6 Å². The molecule has 1 aromatic heterocycles. The molecule has 2 aromatic rings. The third kappa shape index (κ3) is 2.70. The predicted octanol–water partition coefficient (Wildman–Crippen LogP) is 2.62. The van der Waals surface area contributed by atoms with Gasteiger partial charge in [-0.2, -0.15) is 0 Å². The quantitative estimate of drug-likeness (QED) is 0.907. The van der Waals surface area contributed by atoms with E-state index in [4.69, 9.17) is 21.4 Å². The van der Waals surface area contributed by atoms with Crippen molar-refractivity contribution < 1.29 is 14.6 Å². The van der Waals surface area contributed by atoms with E-state index in [1.165, 1.54) is 24.5 Å². The van der Waals surface area contributed by atoms with Crippen molar-refractivity contribution in [1.29, 1.82) is 0 Å². The van der Waals surface area contributed by atoms with Crippen LogP contribution < -0.4 is 4.74 Å². The largest absolute Gasteiger partial charge is 0.478 e. The van der Waals surface area contributed by atoms with Crippen molar-refractivity contribution in [2.24, 2.45) is 0 Å². The summed E-state index contributed by atoms with van der Waals surface area (Å²) < 4.78 is 5.28. The highest BCUT2D eigenvalue weighted by molar-refractivity contribution is 6.33. The molecule has 0 aliphatic rings. The summed E-state index contributed by atoms with van der Waals surface area (Å²) in [4.78, 5) is 18.6. The van der Waals surface area contributed by atoms with E-state index in [1.54, 1.807) is 12.1 Å². The van der Waals surface area contributed by atoms with E-state index in [9.17, 15) is 4.79 Å².